The molecule has 2 aromatic rings. The molecule has 0 aliphatic carbocycles. The van der Waals surface area contributed by atoms with E-state index in [4.69, 9.17) is 4.74 Å². The van der Waals surface area contributed by atoms with E-state index in [1.54, 1.807) is 19.1 Å². The summed E-state index contributed by atoms with van der Waals surface area (Å²) in [5.74, 6) is -2.48. The summed E-state index contributed by atoms with van der Waals surface area (Å²) in [5.41, 5.74) is 1.51. The standard InChI is InChI=1S/C18H19NO6/c1-3-25-16-10-12(9-15(17(16)20)19(23)24)8-14(18(21)22)13-6-4-11(2)5-7-13/h4-7,9-10,14,20H,3,8H2,1-2H3,(H,21,22). The Kier molecular flexibility index (Phi) is 5.59. The van der Waals surface area contributed by atoms with E-state index in [2.05, 4.69) is 0 Å². The second-order valence-corrected chi connectivity index (χ2v) is 5.66. The number of carboxylic acids is 1. The number of aliphatic carboxylic acids is 1. The van der Waals surface area contributed by atoms with Crippen LogP contribution in [0.4, 0.5) is 5.69 Å². The third kappa shape index (κ3) is 4.26. The van der Waals surface area contributed by atoms with E-state index >= 15 is 0 Å². The molecule has 0 aliphatic heterocycles. The topological polar surface area (TPSA) is 110 Å². The maximum Gasteiger partial charge on any atom is 0.314 e. The van der Waals surface area contributed by atoms with Gasteiger partial charge in [0, 0.05) is 6.07 Å². The molecule has 25 heavy (non-hydrogen) atoms. The average Bonchev–Trinajstić information content (AvgIpc) is 2.56. The maximum absolute atomic E-state index is 11.7. The molecule has 0 heterocycles. The third-order valence-electron chi connectivity index (χ3n) is 3.83. The molecular formula is C18H19NO6. The van der Waals surface area contributed by atoms with Crippen molar-refractivity contribution in [3.05, 3.63) is 63.2 Å². The molecule has 0 bridgehead atoms. The van der Waals surface area contributed by atoms with Crippen LogP contribution in [0.3, 0.4) is 0 Å². The molecule has 1 unspecified atom stereocenters. The lowest BCUT2D eigenvalue weighted by molar-refractivity contribution is -0.386. The van der Waals surface area contributed by atoms with Gasteiger partial charge in [0.2, 0.25) is 5.75 Å². The molecule has 0 saturated carbocycles. The molecule has 1 atom stereocenters. The summed E-state index contributed by atoms with van der Waals surface area (Å²) >= 11 is 0. The largest absolute Gasteiger partial charge is 0.500 e. The molecule has 132 valence electrons. The number of rotatable bonds is 7. The van der Waals surface area contributed by atoms with Gasteiger partial charge >= 0.3 is 11.7 Å². The van der Waals surface area contributed by atoms with Gasteiger partial charge in [0.15, 0.2) is 5.75 Å². The number of carboxylic acid groups (broad SMARTS) is 1. The van der Waals surface area contributed by atoms with Gasteiger partial charge in [-0.15, -0.1) is 0 Å². The first-order valence-corrected chi connectivity index (χ1v) is 7.76. The third-order valence-corrected chi connectivity index (χ3v) is 3.83. The van der Waals surface area contributed by atoms with Crippen LogP contribution in [0, 0.1) is 17.0 Å². The number of hydrogen-bond donors (Lipinski definition) is 2. The van der Waals surface area contributed by atoms with Gasteiger partial charge in [0.05, 0.1) is 17.4 Å². The van der Waals surface area contributed by atoms with E-state index in [1.807, 2.05) is 19.1 Å². The molecule has 0 spiro atoms. The molecule has 0 radical (unpaired) electrons. The van der Waals surface area contributed by atoms with Crippen molar-refractivity contribution < 1.29 is 24.7 Å². The van der Waals surface area contributed by atoms with Crippen molar-refractivity contribution in [2.75, 3.05) is 6.61 Å². The predicted molar refractivity (Wildman–Crippen MR) is 91.2 cm³/mol. The first kappa shape index (κ1) is 18.3. The van der Waals surface area contributed by atoms with Crippen LogP contribution in [0.1, 0.15) is 29.5 Å². The minimum Gasteiger partial charge on any atom is -0.500 e. The zero-order valence-corrected chi connectivity index (χ0v) is 13.9. The smallest absolute Gasteiger partial charge is 0.314 e. The molecule has 0 saturated heterocycles. The lowest BCUT2D eigenvalue weighted by Gasteiger charge is -2.15. The molecule has 2 N–H and O–H groups in total. The van der Waals surface area contributed by atoms with Gasteiger partial charge in [-0.1, -0.05) is 29.8 Å². The van der Waals surface area contributed by atoms with Crippen LogP contribution < -0.4 is 4.74 Å². The molecule has 0 fully saturated rings. The summed E-state index contributed by atoms with van der Waals surface area (Å²) in [7, 11) is 0. The number of ether oxygens (including phenoxy) is 1. The second kappa shape index (κ2) is 7.65. The Labute approximate surface area is 144 Å². The summed E-state index contributed by atoms with van der Waals surface area (Å²) in [6, 6.07) is 9.71. The fourth-order valence-corrected chi connectivity index (χ4v) is 2.55. The van der Waals surface area contributed by atoms with Crippen LogP contribution in [-0.4, -0.2) is 27.7 Å². The minimum absolute atomic E-state index is 0.0280. The van der Waals surface area contributed by atoms with Crippen LogP contribution >= 0.6 is 0 Å². The highest BCUT2D eigenvalue weighted by Gasteiger charge is 2.25. The zero-order chi connectivity index (χ0) is 18.6. The highest BCUT2D eigenvalue weighted by atomic mass is 16.6. The van der Waals surface area contributed by atoms with Crippen molar-refractivity contribution in [3.63, 3.8) is 0 Å². The van der Waals surface area contributed by atoms with Gasteiger partial charge in [-0.05, 0) is 37.5 Å². The Balaban J connectivity index is 2.43. The molecule has 7 heteroatoms. The first-order chi connectivity index (χ1) is 11.8. The van der Waals surface area contributed by atoms with E-state index in [9.17, 15) is 25.1 Å². The number of nitrogens with zero attached hydrogens (tertiary/aromatic N) is 1. The van der Waals surface area contributed by atoms with Crippen molar-refractivity contribution in [1.29, 1.82) is 0 Å². The van der Waals surface area contributed by atoms with Crippen molar-refractivity contribution >= 4 is 11.7 Å². The van der Waals surface area contributed by atoms with E-state index in [-0.39, 0.29) is 18.8 Å². The Bertz CT molecular complexity index is 785. The van der Waals surface area contributed by atoms with Gasteiger partial charge in [-0.25, -0.2) is 0 Å². The number of phenols is 1. The molecule has 0 aliphatic rings. The summed E-state index contributed by atoms with van der Waals surface area (Å²) in [5, 5.41) is 30.6. The van der Waals surface area contributed by atoms with E-state index < -0.39 is 28.2 Å². The normalized spacial score (nSPS) is 11.8. The number of hydrogen-bond acceptors (Lipinski definition) is 5. The lowest BCUT2D eigenvalue weighted by atomic mass is 9.91. The van der Waals surface area contributed by atoms with Crippen molar-refractivity contribution in [3.8, 4) is 11.5 Å². The van der Waals surface area contributed by atoms with Crippen LogP contribution in [0.25, 0.3) is 0 Å². The van der Waals surface area contributed by atoms with Crippen molar-refractivity contribution in [1.82, 2.24) is 0 Å². The monoisotopic (exact) mass is 345 g/mol. The van der Waals surface area contributed by atoms with Gasteiger partial charge in [-0.3, -0.25) is 14.9 Å². The number of aromatic hydroxyl groups is 1. The van der Waals surface area contributed by atoms with Crippen molar-refractivity contribution in [2.45, 2.75) is 26.2 Å². The number of carbonyl (C=O) groups is 1. The van der Waals surface area contributed by atoms with Gasteiger partial charge in [0.25, 0.3) is 0 Å². The SMILES string of the molecule is CCOc1cc(CC(C(=O)O)c2ccc(C)cc2)cc([N+](=O)[O-])c1O. The molecule has 2 rings (SSSR count). The zero-order valence-electron chi connectivity index (χ0n) is 13.9. The van der Waals surface area contributed by atoms with E-state index in [0.29, 0.717) is 11.1 Å². The van der Waals surface area contributed by atoms with Crippen LogP contribution in [0.5, 0.6) is 11.5 Å². The molecule has 2 aromatic carbocycles. The number of benzene rings is 2. The molecule has 7 nitrogen and oxygen atoms in total. The molecule has 0 aromatic heterocycles. The Morgan fingerprint density at radius 2 is 1.92 bits per heavy atom. The quantitative estimate of drug-likeness (QED) is 0.588. The number of nitro groups is 1. The first-order valence-electron chi connectivity index (χ1n) is 7.76. The average molecular weight is 345 g/mol. The minimum atomic E-state index is -1.03. The van der Waals surface area contributed by atoms with Gasteiger partial charge in [0.1, 0.15) is 0 Å². The van der Waals surface area contributed by atoms with Crippen molar-refractivity contribution in [2.24, 2.45) is 0 Å². The maximum atomic E-state index is 11.7. The predicted octanol–water partition coefficient (Wildman–Crippen LogP) is 3.42. The van der Waals surface area contributed by atoms with Crippen LogP contribution in [0.15, 0.2) is 36.4 Å². The summed E-state index contributed by atoms with van der Waals surface area (Å²) in [6.45, 7) is 3.80. The molecule has 0 amide bonds. The van der Waals surface area contributed by atoms with Gasteiger partial charge in [-0.2, -0.15) is 0 Å². The fraction of sp³-hybridized carbons (Fsp3) is 0.278. The van der Waals surface area contributed by atoms with Gasteiger partial charge < -0.3 is 14.9 Å². The van der Waals surface area contributed by atoms with Crippen LogP contribution in [-0.2, 0) is 11.2 Å². The Morgan fingerprint density at radius 1 is 1.28 bits per heavy atom. The van der Waals surface area contributed by atoms with E-state index in [0.717, 1.165) is 5.56 Å². The summed E-state index contributed by atoms with van der Waals surface area (Å²) < 4.78 is 5.23. The highest BCUT2D eigenvalue weighted by molar-refractivity contribution is 5.76. The summed E-state index contributed by atoms with van der Waals surface area (Å²) in [6.07, 6.45) is 0.0413. The summed E-state index contributed by atoms with van der Waals surface area (Å²) in [4.78, 5) is 22.1. The number of nitro benzene ring substituents is 1. The Morgan fingerprint density at radius 3 is 2.44 bits per heavy atom. The van der Waals surface area contributed by atoms with Crippen LogP contribution in [0.2, 0.25) is 0 Å². The lowest BCUT2D eigenvalue weighted by Crippen LogP contribution is -2.14. The highest BCUT2D eigenvalue weighted by Crippen LogP contribution is 2.38. The number of phenolic OH excluding ortho intramolecular Hbond substituents is 1. The molecular weight excluding hydrogens is 326 g/mol. The Hall–Kier alpha value is -3.09. The second-order valence-electron chi connectivity index (χ2n) is 5.66. The number of aryl methyl sites for hydroxylation is 1. The van der Waals surface area contributed by atoms with E-state index in [1.165, 1.54) is 12.1 Å². The fourth-order valence-electron chi connectivity index (χ4n) is 2.55.